The minimum Gasteiger partial charge on any atom is -0.465 e. The van der Waals surface area contributed by atoms with E-state index in [9.17, 15) is 4.79 Å². The van der Waals surface area contributed by atoms with Crippen molar-refractivity contribution >= 4 is 32.8 Å². The summed E-state index contributed by atoms with van der Waals surface area (Å²) in [6.45, 7) is 1.88. The summed E-state index contributed by atoms with van der Waals surface area (Å²) in [6.07, 6.45) is 0. The molecule has 0 N–H and O–H groups in total. The molecule has 2 rings (SSSR count). The number of hydrogen-bond acceptors (Lipinski definition) is 3. The highest BCUT2D eigenvalue weighted by molar-refractivity contribution is 9.10. The van der Waals surface area contributed by atoms with E-state index < -0.39 is 0 Å². The van der Waals surface area contributed by atoms with Crippen LogP contribution in [0, 0.1) is 6.92 Å². The minimum atomic E-state index is -0.353. The van der Waals surface area contributed by atoms with Crippen LogP contribution in [0.4, 0.5) is 0 Å². The van der Waals surface area contributed by atoms with Crippen molar-refractivity contribution in [3.8, 4) is 0 Å². The summed E-state index contributed by atoms with van der Waals surface area (Å²) in [6, 6.07) is 3.75. The number of ether oxygens (including phenoxy) is 1. The van der Waals surface area contributed by atoms with Crippen LogP contribution in [-0.4, -0.2) is 22.9 Å². The zero-order valence-corrected chi connectivity index (χ0v) is 10.8. The van der Waals surface area contributed by atoms with Gasteiger partial charge in [0.2, 0.25) is 0 Å². The fourth-order valence-electron chi connectivity index (χ4n) is 1.83. The van der Waals surface area contributed by atoms with E-state index in [2.05, 4.69) is 21.0 Å². The first-order chi connectivity index (χ1) is 7.56. The van der Waals surface area contributed by atoms with Crippen molar-refractivity contribution in [2.24, 2.45) is 7.05 Å². The number of hydrogen-bond donors (Lipinski definition) is 0. The van der Waals surface area contributed by atoms with Crippen molar-refractivity contribution in [3.63, 3.8) is 0 Å². The Morgan fingerprint density at radius 1 is 1.50 bits per heavy atom. The molecular weight excluding hydrogens is 272 g/mol. The lowest BCUT2D eigenvalue weighted by Gasteiger charge is -2.04. The number of esters is 1. The van der Waals surface area contributed by atoms with Gasteiger partial charge in [-0.2, -0.15) is 5.10 Å². The molecule has 0 fully saturated rings. The number of carbonyl (C=O) groups excluding carboxylic acids is 1. The molecule has 0 atom stereocenters. The quantitative estimate of drug-likeness (QED) is 0.755. The van der Waals surface area contributed by atoms with Gasteiger partial charge in [-0.1, -0.05) is 0 Å². The van der Waals surface area contributed by atoms with E-state index in [0.29, 0.717) is 5.56 Å². The lowest BCUT2D eigenvalue weighted by molar-refractivity contribution is 0.0602. The van der Waals surface area contributed by atoms with Crippen LogP contribution in [0.3, 0.4) is 0 Å². The number of aromatic nitrogens is 2. The van der Waals surface area contributed by atoms with E-state index in [-0.39, 0.29) is 5.97 Å². The Bertz CT molecular complexity index is 575. The molecule has 1 aromatic heterocycles. The van der Waals surface area contributed by atoms with Gasteiger partial charge >= 0.3 is 5.97 Å². The van der Waals surface area contributed by atoms with Gasteiger partial charge in [0.25, 0.3) is 0 Å². The van der Waals surface area contributed by atoms with Gasteiger partial charge in [0.1, 0.15) is 0 Å². The van der Waals surface area contributed by atoms with Gasteiger partial charge in [-0.3, -0.25) is 4.68 Å². The highest BCUT2D eigenvalue weighted by Crippen LogP contribution is 2.29. The fraction of sp³-hybridized carbons (Fsp3) is 0.273. The molecule has 16 heavy (non-hydrogen) atoms. The van der Waals surface area contributed by atoms with Gasteiger partial charge < -0.3 is 4.74 Å². The van der Waals surface area contributed by atoms with E-state index in [1.165, 1.54) is 7.11 Å². The number of aryl methyl sites for hydroxylation is 2. The second-order valence-corrected chi connectivity index (χ2v) is 4.37. The number of rotatable bonds is 1. The van der Waals surface area contributed by atoms with Crippen LogP contribution in [0.1, 0.15) is 16.1 Å². The van der Waals surface area contributed by atoms with Gasteiger partial charge in [0.15, 0.2) is 0 Å². The number of methoxy groups -OCH3 is 1. The lowest BCUT2D eigenvalue weighted by Crippen LogP contribution is -2.03. The third kappa shape index (κ3) is 1.51. The molecule has 5 heteroatoms. The van der Waals surface area contributed by atoms with Crippen LogP contribution in [-0.2, 0) is 11.8 Å². The molecule has 0 bridgehead atoms. The maximum atomic E-state index is 11.7. The Balaban J connectivity index is 2.89. The number of benzene rings is 1. The van der Waals surface area contributed by atoms with E-state index in [1.807, 2.05) is 26.1 Å². The SMILES string of the molecule is COC(=O)c1c(Br)ccc2c1c(C)nn2C. The Morgan fingerprint density at radius 3 is 2.81 bits per heavy atom. The minimum absolute atomic E-state index is 0.353. The van der Waals surface area contributed by atoms with Crippen molar-refractivity contribution in [1.29, 1.82) is 0 Å². The number of carbonyl (C=O) groups is 1. The molecule has 4 nitrogen and oxygen atoms in total. The lowest BCUT2D eigenvalue weighted by atomic mass is 10.1. The van der Waals surface area contributed by atoms with Gasteiger partial charge in [0.05, 0.1) is 23.9 Å². The predicted molar refractivity (Wildman–Crippen MR) is 64.5 cm³/mol. The first-order valence-electron chi connectivity index (χ1n) is 4.76. The summed E-state index contributed by atoms with van der Waals surface area (Å²) in [4.78, 5) is 11.7. The molecule has 0 spiro atoms. The summed E-state index contributed by atoms with van der Waals surface area (Å²) in [5.41, 5.74) is 2.27. The average molecular weight is 283 g/mol. The average Bonchev–Trinajstić information content (AvgIpc) is 2.53. The van der Waals surface area contributed by atoms with Gasteiger partial charge in [-0.15, -0.1) is 0 Å². The molecule has 0 aliphatic carbocycles. The number of fused-ring (bicyclic) bond motifs is 1. The molecule has 1 aromatic carbocycles. The molecule has 0 saturated carbocycles. The van der Waals surface area contributed by atoms with Crippen molar-refractivity contribution in [1.82, 2.24) is 9.78 Å². The smallest absolute Gasteiger partial charge is 0.339 e. The highest BCUT2D eigenvalue weighted by atomic mass is 79.9. The third-order valence-electron chi connectivity index (χ3n) is 2.53. The van der Waals surface area contributed by atoms with Crippen LogP contribution in [0.25, 0.3) is 10.9 Å². The zero-order chi connectivity index (χ0) is 11.9. The third-order valence-corrected chi connectivity index (χ3v) is 3.19. The highest BCUT2D eigenvalue weighted by Gasteiger charge is 2.19. The number of nitrogens with zero attached hydrogens (tertiary/aromatic N) is 2. The van der Waals surface area contributed by atoms with Crippen LogP contribution < -0.4 is 0 Å². The normalized spacial score (nSPS) is 10.8. The van der Waals surface area contributed by atoms with E-state index >= 15 is 0 Å². The van der Waals surface area contributed by atoms with Crippen molar-refractivity contribution in [3.05, 3.63) is 27.9 Å². The predicted octanol–water partition coefficient (Wildman–Crippen LogP) is 2.43. The first kappa shape index (κ1) is 11.1. The van der Waals surface area contributed by atoms with Crippen LogP contribution in [0.15, 0.2) is 16.6 Å². The maximum absolute atomic E-state index is 11.7. The monoisotopic (exact) mass is 282 g/mol. The van der Waals surface area contributed by atoms with Crippen molar-refractivity contribution in [2.45, 2.75) is 6.92 Å². The van der Waals surface area contributed by atoms with Crippen molar-refractivity contribution in [2.75, 3.05) is 7.11 Å². The zero-order valence-electron chi connectivity index (χ0n) is 9.24. The molecule has 0 saturated heterocycles. The van der Waals surface area contributed by atoms with Gasteiger partial charge in [-0.25, -0.2) is 4.79 Å². The molecule has 2 aromatic rings. The molecule has 0 aliphatic rings. The second-order valence-electron chi connectivity index (χ2n) is 3.52. The molecule has 84 valence electrons. The first-order valence-corrected chi connectivity index (χ1v) is 5.55. The molecule has 0 radical (unpaired) electrons. The summed E-state index contributed by atoms with van der Waals surface area (Å²) >= 11 is 3.36. The summed E-state index contributed by atoms with van der Waals surface area (Å²) in [5.74, 6) is -0.353. The fourth-order valence-corrected chi connectivity index (χ4v) is 2.32. The van der Waals surface area contributed by atoms with E-state index in [4.69, 9.17) is 4.74 Å². The van der Waals surface area contributed by atoms with Crippen LogP contribution in [0.5, 0.6) is 0 Å². The molecular formula is C11H11BrN2O2. The summed E-state index contributed by atoms with van der Waals surface area (Å²) in [7, 11) is 3.23. The van der Waals surface area contributed by atoms with Crippen molar-refractivity contribution < 1.29 is 9.53 Å². The molecule has 1 heterocycles. The van der Waals surface area contributed by atoms with Gasteiger partial charge in [-0.05, 0) is 35.0 Å². The maximum Gasteiger partial charge on any atom is 0.339 e. The standard InChI is InChI=1S/C11H11BrN2O2/c1-6-9-8(14(2)13-6)5-4-7(12)10(9)11(15)16-3/h4-5H,1-3H3. The van der Waals surface area contributed by atoms with E-state index in [0.717, 1.165) is 21.1 Å². The number of halogens is 1. The van der Waals surface area contributed by atoms with Crippen LogP contribution >= 0.6 is 15.9 Å². The Morgan fingerprint density at radius 2 is 2.19 bits per heavy atom. The van der Waals surface area contributed by atoms with Crippen LogP contribution in [0.2, 0.25) is 0 Å². The Kier molecular flexibility index (Phi) is 2.71. The Labute approximate surface area is 101 Å². The molecule has 0 unspecified atom stereocenters. The Hall–Kier alpha value is -1.36. The van der Waals surface area contributed by atoms with Gasteiger partial charge in [0, 0.05) is 16.9 Å². The largest absolute Gasteiger partial charge is 0.465 e. The molecule has 0 aliphatic heterocycles. The summed E-state index contributed by atoms with van der Waals surface area (Å²) < 4.78 is 7.26. The van der Waals surface area contributed by atoms with E-state index in [1.54, 1.807) is 4.68 Å². The molecule has 0 amide bonds. The summed E-state index contributed by atoms with van der Waals surface area (Å²) in [5, 5.41) is 5.13. The topological polar surface area (TPSA) is 44.1 Å². The second kappa shape index (κ2) is 3.90.